The van der Waals surface area contributed by atoms with E-state index in [1.54, 1.807) is 6.20 Å². The Morgan fingerprint density at radius 2 is 2.43 bits per heavy atom. The van der Waals surface area contributed by atoms with Crippen LogP contribution in [0.1, 0.15) is 24.1 Å². The molecule has 1 aliphatic heterocycles. The summed E-state index contributed by atoms with van der Waals surface area (Å²) in [4.78, 5) is 20.6. The fraction of sp³-hybridized carbons (Fsp3) is 0.438. The minimum atomic E-state index is -0.0222. The number of hydrogen-bond donors (Lipinski definition) is 2. The molecule has 122 valence electrons. The molecular formula is C16H20N4O2S. The van der Waals surface area contributed by atoms with Gasteiger partial charge in [0.25, 0.3) is 0 Å². The number of anilines is 2. The molecule has 0 saturated carbocycles. The summed E-state index contributed by atoms with van der Waals surface area (Å²) < 4.78 is 5.49. The van der Waals surface area contributed by atoms with Gasteiger partial charge in [-0.25, -0.2) is 9.97 Å². The molecule has 0 bridgehead atoms. The lowest BCUT2D eigenvalue weighted by Crippen LogP contribution is -2.32. The lowest BCUT2D eigenvalue weighted by molar-refractivity contribution is -0.121. The van der Waals surface area contributed by atoms with E-state index in [1.807, 2.05) is 24.4 Å². The average Bonchev–Trinajstić information content (AvgIpc) is 3.17. The SMILES string of the molecule is Cc1ccnc(Nc2nc(CC(=O)NCC3CCCO3)cs2)c1. The molecule has 2 aromatic heterocycles. The molecule has 0 aliphatic carbocycles. The maximum Gasteiger partial charge on any atom is 0.226 e. The number of nitrogens with zero attached hydrogens (tertiary/aromatic N) is 2. The summed E-state index contributed by atoms with van der Waals surface area (Å²) in [6, 6.07) is 3.90. The summed E-state index contributed by atoms with van der Waals surface area (Å²) >= 11 is 1.47. The molecule has 6 nitrogen and oxygen atoms in total. The van der Waals surface area contributed by atoms with Gasteiger partial charge in [-0.1, -0.05) is 0 Å². The Hall–Kier alpha value is -1.99. The Balaban J connectivity index is 1.49. The second-order valence-corrected chi connectivity index (χ2v) is 6.46. The van der Waals surface area contributed by atoms with Crippen LogP contribution in [0.25, 0.3) is 0 Å². The number of nitrogens with one attached hydrogen (secondary N) is 2. The maximum atomic E-state index is 11.9. The van der Waals surface area contributed by atoms with Gasteiger partial charge in [-0.2, -0.15) is 0 Å². The van der Waals surface area contributed by atoms with E-state index < -0.39 is 0 Å². The van der Waals surface area contributed by atoms with Crippen LogP contribution < -0.4 is 10.6 Å². The lowest BCUT2D eigenvalue weighted by Gasteiger charge is -2.09. The van der Waals surface area contributed by atoms with Crippen LogP contribution in [0.4, 0.5) is 10.9 Å². The Bertz CT molecular complexity index is 668. The smallest absolute Gasteiger partial charge is 0.226 e. The van der Waals surface area contributed by atoms with Gasteiger partial charge >= 0.3 is 0 Å². The number of pyridine rings is 1. The summed E-state index contributed by atoms with van der Waals surface area (Å²) in [6.45, 7) is 3.40. The summed E-state index contributed by atoms with van der Waals surface area (Å²) in [6.07, 6.45) is 4.30. The van der Waals surface area contributed by atoms with E-state index in [2.05, 4.69) is 20.6 Å². The number of rotatable bonds is 6. The molecular weight excluding hydrogens is 312 g/mol. The number of aromatic nitrogens is 2. The zero-order valence-corrected chi connectivity index (χ0v) is 13.9. The van der Waals surface area contributed by atoms with Crippen molar-refractivity contribution in [3.05, 3.63) is 35.0 Å². The van der Waals surface area contributed by atoms with Crippen molar-refractivity contribution in [1.82, 2.24) is 15.3 Å². The van der Waals surface area contributed by atoms with E-state index in [1.165, 1.54) is 11.3 Å². The second kappa shape index (κ2) is 7.52. The first-order chi connectivity index (χ1) is 11.2. The lowest BCUT2D eigenvalue weighted by atomic mass is 10.2. The van der Waals surface area contributed by atoms with E-state index in [4.69, 9.17) is 4.74 Å². The van der Waals surface area contributed by atoms with Crippen molar-refractivity contribution in [2.24, 2.45) is 0 Å². The van der Waals surface area contributed by atoms with Gasteiger partial charge < -0.3 is 15.4 Å². The predicted octanol–water partition coefficient (Wildman–Crippen LogP) is 2.43. The van der Waals surface area contributed by atoms with Crippen molar-refractivity contribution in [2.45, 2.75) is 32.3 Å². The highest BCUT2D eigenvalue weighted by Crippen LogP contribution is 2.20. The molecule has 1 unspecified atom stereocenters. The molecule has 3 rings (SSSR count). The number of aryl methyl sites for hydroxylation is 1. The Kier molecular flexibility index (Phi) is 5.19. The highest BCUT2D eigenvalue weighted by Gasteiger charge is 2.16. The largest absolute Gasteiger partial charge is 0.376 e. The zero-order chi connectivity index (χ0) is 16.1. The topological polar surface area (TPSA) is 76.1 Å². The monoisotopic (exact) mass is 332 g/mol. The third kappa shape index (κ3) is 4.74. The van der Waals surface area contributed by atoms with Gasteiger partial charge in [-0.05, 0) is 37.5 Å². The van der Waals surface area contributed by atoms with Crippen molar-refractivity contribution in [3.63, 3.8) is 0 Å². The van der Waals surface area contributed by atoms with Crippen LogP contribution in [0, 0.1) is 6.92 Å². The number of ether oxygens (including phenoxy) is 1. The van der Waals surface area contributed by atoms with Gasteiger partial charge in [-0.3, -0.25) is 4.79 Å². The summed E-state index contributed by atoms with van der Waals surface area (Å²) in [5.41, 5.74) is 1.89. The third-order valence-electron chi connectivity index (χ3n) is 3.59. The molecule has 3 heterocycles. The van der Waals surface area contributed by atoms with Crippen molar-refractivity contribution < 1.29 is 9.53 Å². The van der Waals surface area contributed by atoms with E-state index in [0.717, 1.165) is 41.7 Å². The van der Waals surface area contributed by atoms with Gasteiger partial charge in [0.1, 0.15) is 5.82 Å². The number of carbonyl (C=O) groups excluding carboxylic acids is 1. The molecule has 2 aromatic rings. The molecule has 0 aromatic carbocycles. The van der Waals surface area contributed by atoms with Crippen LogP contribution in [-0.2, 0) is 16.0 Å². The number of amides is 1. The minimum absolute atomic E-state index is 0.0222. The fourth-order valence-electron chi connectivity index (χ4n) is 2.42. The van der Waals surface area contributed by atoms with E-state index in [-0.39, 0.29) is 18.4 Å². The predicted molar refractivity (Wildman–Crippen MR) is 90.1 cm³/mol. The molecule has 1 amide bonds. The summed E-state index contributed by atoms with van der Waals surface area (Å²) in [5, 5.41) is 8.70. The molecule has 0 radical (unpaired) electrons. The maximum absolute atomic E-state index is 11.9. The molecule has 1 aliphatic rings. The van der Waals surface area contributed by atoms with Crippen molar-refractivity contribution >= 4 is 28.2 Å². The first-order valence-corrected chi connectivity index (χ1v) is 8.59. The summed E-state index contributed by atoms with van der Waals surface area (Å²) in [5.74, 6) is 0.736. The van der Waals surface area contributed by atoms with Crippen LogP contribution in [0.5, 0.6) is 0 Å². The molecule has 0 spiro atoms. The van der Waals surface area contributed by atoms with Crippen LogP contribution in [0.15, 0.2) is 23.7 Å². The van der Waals surface area contributed by atoms with Gasteiger partial charge in [0.15, 0.2) is 5.13 Å². The Morgan fingerprint density at radius 3 is 3.22 bits per heavy atom. The molecule has 2 N–H and O–H groups in total. The number of thiazole rings is 1. The first kappa shape index (κ1) is 15.9. The second-order valence-electron chi connectivity index (χ2n) is 5.60. The Morgan fingerprint density at radius 1 is 1.52 bits per heavy atom. The normalized spacial score (nSPS) is 17.2. The third-order valence-corrected chi connectivity index (χ3v) is 4.40. The minimum Gasteiger partial charge on any atom is -0.376 e. The van der Waals surface area contributed by atoms with Crippen LogP contribution >= 0.6 is 11.3 Å². The molecule has 7 heteroatoms. The van der Waals surface area contributed by atoms with Crippen LogP contribution in [0.3, 0.4) is 0 Å². The zero-order valence-electron chi connectivity index (χ0n) is 13.0. The highest BCUT2D eigenvalue weighted by molar-refractivity contribution is 7.13. The van der Waals surface area contributed by atoms with Crippen LogP contribution in [-0.4, -0.2) is 35.1 Å². The van der Waals surface area contributed by atoms with Gasteiger partial charge in [-0.15, -0.1) is 11.3 Å². The van der Waals surface area contributed by atoms with E-state index in [0.29, 0.717) is 6.54 Å². The molecule has 23 heavy (non-hydrogen) atoms. The standard InChI is InChI=1S/C16H20N4O2S/c1-11-4-5-17-14(7-11)20-16-19-12(10-23-16)8-15(21)18-9-13-3-2-6-22-13/h4-5,7,10,13H,2-3,6,8-9H2,1H3,(H,18,21)(H,17,19,20). The van der Waals surface area contributed by atoms with Gasteiger partial charge in [0, 0.05) is 24.7 Å². The highest BCUT2D eigenvalue weighted by atomic mass is 32.1. The quantitative estimate of drug-likeness (QED) is 0.850. The Labute approximate surface area is 139 Å². The number of carbonyl (C=O) groups is 1. The van der Waals surface area contributed by atoms with Crippen molar-refractivity contribution in [1.29, 1.82) is 0 Å². The molecule has 1 atom stereocenters. The first-order valence-electron chi connectivity index (χ1n) is 7.71. The van der Waals surface area contributed by atoms with Crippen molar-refractivity contribution in [2.75, 3.05) is 18.5 Å². The fourth-order valence-corrected chi connectivity index (χ4v) is 3.14. The van der Waals surface area contributed by atoms with Gasteiger partial charge in [0.2, 0.25) is 5.91 Å². The average molecular weight is 332 g/mol. The van der Waals surface area contributed by atoms with Crippen LogP contribution in [0.2, 0.25) is 0 Å². The summed E-state index contributed by atoms with van der Waals surface area (Å²) in [7, 11) is 0. The molecule has 1 fully saturated rings. The molecule has 1 saturated heterocycles. The number of hydrogen-bond acceptors (Lipinski definition) is 6. The van der Waals surface area contributed by atoms with E-state index in [9.17, 15) is 4.79 Å². The van der Waals surface area contributed by atoms with Gasteiger partial charge in [0.05, 0.1) is 18.2 Å². The van der Waals surface area contributed by atoms with Crippen molar-refractivity contribution in [3.8, 4) is 0 Å². The van der Waals surface area contributed by atoms with E-state index >= 15 is 0 Å².